The summed E-state index contributed by atoms with van der Waals surface area (Å²) < 4.78 is 0. The quantitative estimate of drug-likeness (QED) is 0.597. The summed E-state index contributed by atoms with van der Waals surface area (Å²) in [5, 5.41) is 19.6. The van der Waals surface area contributed by atoms with Gasteiger partial charge >= 0.3 is 5.97 Å². The number of hydrogen-bond acceptors (Lipinski definition) is 8. The van der Waals surface area contributed by atoms with E-state index in [0.29, 0.717) is 16.3 Å². The van der Waals surface area contributed by atoms with Gasteiger partial charge < -0.3 is 16.2 Å². The van der Waals surface area contributed by atoms with Crippen molar-refractivity contribution < 1.29 is 19.5 Å². The largest absolute Gasteiger partial charge is 0.477 e. The lowest BCUT2D eigenvalue weighted by Crippen LogP contribution is -2.70. The predicted molar refractivity (Wildman–Crippen MR) is 87.9 cm³/mol. The normalized spacial score (nSPS) is 22.7. The number of carbonyl (C=O) groups excluding carboxylic acids is 2. The highest BCUT2D eigenvalue weighted by molar-refractivity contribution is 8.00. The summed E-state index contributed by atoms with van der Waals surface area (Å²) >= 11 is 2.48. The molecular formula is C13H13N5O4S2. The van der Waals surface area contributed by atoms with E-state index in [4.69, 9.17) is 5.73 Å². The molecular weight excluding hydrogens is 354 g/mol. The van der Waals surface area contributed by atoms with Gasteiger partial charge in [-0.3, -0.25) is 14.5 Å². The Morgan fingerprint density at radius 1 is 1.50 bits per heavy atom. The second-order valence-corrected chi connectivity index (χ2v) is 7.25. The number of amides is 2. The second-order valence-electron chi connectivity index (χ2n) is 5.05. The molecule has 3 heterocycles. The zero-order chi connectivity index (χ0) is 17.4. The number of allylic oxidation sites excluding steroid dienone is 1. The van der Waals surface area contributed by atoms with Crippen molar-refractivity contribution in [2.24, 2.45) is 0 Å². The molecule has 2 atom stereocenters. The van der Waals surface area contributed by atoms with Crippen LogP contribution >= 0.6 is 23.1 Å². The van der Waals surface area contributed by atoms with Crippen LogP contribution in [0.2, 0.25) is 0 Å². The Morgan fingerprint density at radius 2 is 2.25 bits per heavy atom. The van der Waals surface area contributed by atoms with E-state index >= 15 is 0 Å². The topological polar surface area (TPSA) is 139 Å². The maximum Gasteiger partial charge on any atom is 0.352 e. The molecule has 126 valence electrons. The van der Waals surface area contributed by atoms with Crippen molar-refractivity contribution in [1.82, 2.24) is 20.4 Å². The molecule has 0 aliphatic carbocycles. The average molecular weight is 367 g/mol. The Bertz CT molecular complexity index is 774. The number of carboxylic acid groups (broad SMARTS) is 1. The van der Waals surface area contributed by atoms with Crippen LogP contribution in [0.4, 0.5) is 5.13 Å². The molecule has 24 heavy (non-hydrogen) atoms. The zero-order valence-electron chi connectivity index (χ0n) is 12.3. The lowest BCUT2D eigenvalue weighted by atomic mass is 10.0. The number of nitrogens with two attached hydrogens (primary N) is 1. The van der Waals surface area contributed by atoms with E-state index in [1.54, 1.807) is 0 Å². The van der Waals surface area contributed by atoms with Crippen LogP contribution in [0, 0.1) is 0 Å². The van der Waals surface area contributed by atoms with E-state index in [1.807, 2.05) is 0 Å². The second kappa shape index (κ2) is 6.24. The van der Waals surface area contributed by atoms with Gasteiger partial charge in [0.05, 0.1) is 6.42 Å². The first-order valence-electron chi connectivity index (χ1n) is 6.83. The third-order valence-corrected chi connectivity index (χ3v) is 5.61. The van der Waals surface area contributed by atoms with Crippen molar-refractivity contribution in [2.45, 2.75) is 17.8 Å². The Kier molecular flexibility index (Phi) is 4.28. The predicted octanol–water partition coefficient (Wildman–Crippen LogP) is -0.413. The average Bonchev–Trinajstić information content (AvgIpc) is 2.95. The first-order valence-corrected chi connectivity index (χ1v) is 8.69. The van der Waals surface area contributed by atoms with Crippen LogP contribution in [0.1, 0.15) is 5.01 Å². The van der Waals surface area contributed by atoms with Gasteiger partial charge in [0.15, 0.2) is 0 Å². The molecule has 0 aromatic carbocycles. The van der Waals surface area contributed by atoms with Gasteiger partial charge in [-0.15, -0.1) is 22.0 Å². The smallest absolute Gasteiger partial charge is 0.352 e. The Labute approximate surface area is 144 Å². The molecule has 1 aromatic rings. The van der Waals surface area contributed by atoms with Gasteiger partial charge in [0, 0.05) is 5.75 Å². The minimum absolute atomic E-state index is 0.0322. The molecule has 0 bridgehead atoms. The molecule has 0 saturated carbocycles. The molecule has 9 nitrogen and oxygen atoms in total. The number of aliphatic carboxylic acids is 1. The Balaban J connectivity index is 1.69. The van der Waals surface area contributed by atoms with Crippen LogP contribution in [0.15, 0.2) is 23.9 Å². The van der Waals surface area contributed by atoms with E-state index in [-0.39, 0.29) is 23.2 Å². The van der Waals surface area contributed by atoms with Crippen LogP contribution < -0.4 is 11.1 Å². The molecule has 3 rings (SSSR count). The SMILES string of the molecule is C=CC1=C(C(=O)O)N2C(=O)C(NC(=O)Cc3nnc(N)s3)[C@H]2SC1. The number of thioether (sulfide) groups is 1. The lowest BCUT2D eigenvalue weighted by molar-refractivity contribution is -0.150. The number of nitrogens with one attached hydrogen (secondary N) is 1. The van der Waals surface area contributed by atoms with Gasteiger partial charge in [0.25, 0.3) is 5.91 Å². The van der Waals surface area contributed by atoms with Crippen molar-refractivity contribution in [3.8, 4) is 0 Å². The van der Waals surface area contributed by atoms with Crippen molar-refractivity contribution >= 4 is 46.0 Å². The Morgan fingerprint density at radius 3 is 2.83 bits per heavy atom. The van der Waals surface area contributed by atoms with E-state index in [1.165, 1.54) is 22.7 Å². The highest BCUT2D eigenvalue weighted by atomic mass is 32.2. The van der Waals surface area contributed by atoms with Crippen LogP contribution in [-0.4, -0.2) is 55.2 Å². The fraction of sp³-hybridized carbons (Fsp3) is 0.308. The number of anilines is 1. The molecule has 0 spiro atoms. The van der Waals surface area contributed by atoms with Gasteiger partial charge in [-0.2, -0.15) is 0 Å². The molecule has 1 unspecified atom stereocenters. The number of nitrogens with zero attached hydrogens (tertiary/aromatic N) is 3. The van der Waals surface area contributed by atoms with Gasteiger partial charge in [-0.1, -0.05) is 24.0 Å². The summed E-state index contributed by atoms with van der Waals surface area (Å²) in [6.07, 6.45) is 1.40. The molecule has 2 aliphatic heterocycles. The van der Waals surface area contributed by atoms with E-state index in [9.17, 15) is 19.5 Å². The molecule has 11 heteroatoms. The highest BCUT2D eigenvalue weighted by Gasteiger charge is 2.53. The number of fused-ring (bicyclic) bond motifs is 1. The first-order chi connectivity index (χ1) is 11.4. The van der Waals surface area contributed by atoms with Crippen LogP contribution in [0.25, 0.3) is 0 Å². The first kappa shape index (κ1) is 16.5. The standard InChI is InChI=1S/C13H13N5O4S2/c1-2-5-4-23-11-8(10(20)18(11)9(5)12(21)22)15-6(19)3-7-16-17-13(14)24-7/h2,8,11H,1,3-4H2,(H2,14,17)(H,15,19)(H,21,22)/t8?,11-/m1/s1. The minimum Gasteiger partial charge on any atom is -0.477 e. The molecule has 2 amide bonds. The fourth-order valence-corrected chi connectivity index (χ4v) is 4.45. The summed E-state index contributed by atoms with van der Waals surface area (Å²) in [5.41, 5.74) is 5.88. The van der Waals surface area contributed by atoms with Crippen LogP contribution in [0.5, 0.6) is 0 Å². The monoisotopic (exact) mass is 367 g/mol. The number of β-lactam (4-membered cyclic amide) rings is 1. The fourth-order valence-electron chi connectivity index (χ4n) is 2.50. The van der Waals surface area contributed by atoms with Crippen molar-refractivity contribution in [2.75, 3.05) is 11.5 Å². The molecule has 1 saturated heterocycles. The maximum atomic E-state index is 12.3. The van der Waals surface area contributed by atoms with E-state index < -0.39 is 23.3 Å². The van der Waals surface area contributed by atoms with Gasteiger partial charge in [-0.25, -0.2) is 4.79 Å². The van der Waals surface area contributed by atoms with Gasteiger partial charge in [0.1, 0.15) is 22.1 Å². The van der Waals surface area contributed by atoms with Crippen LogP contribution in [0.3, 0.4) is 0 Å². The van der Waals surface area contributed by atoms with E-state index in [2.05, 4.69) is 22.1 Å². The summed E-state index contributed by atoms with van der Waals surface area (Å²) in [6.45, 7) is 3.58. The highest BCUT2D eigenvalue weighted by Crippen LogP contribution is 2.40. The van der Waals surface area contributed by atoms with Crippen molar-refractivity contribution in [3.63, 3.8) is 0 Å². The number of hydrogen-bond donors (Lipinski definition) is 3. The third-order valence-electron chi connectivity index (χ3n) is 3.56. The number of carboxylic acids is 1. The number of aromatic nitrogens is 2. The van der Waals surface area contributed by atoms with E-state index in [0.717, 1.165) is 11.3 Å². The number of nitrogen functional groups attached to an aromatic ring is 1. The van der Waals surface area contributed by atoms with Crippen molar-refractivity contribution in [1.29, 1.82) is 0 Å². The van der Waals surface area contributed by atoms with Gasteiger partial charge in [-0.05, 0) is 5.57 Å². The summed E-state index contributed by atoms with van der Waals surface area (Å²) in [5.74, 6) is -1.61. The molecule has 1 fully saturated rings. The molecule has 4 N–H and O–H groups in total. The maximum absolute atomic E-state index is 12.3. The van der Waals surface area contributed by atoms with Crippen LogP contribution in [-0.2, 0) is 20.8 Å². The number of rotatable bonds is 5. The molecule has 2 aliphatic rings. The van der Waals surface area contributed by atoms with Gasteiger partial charge in [0.2, 0.25) is 11.0 Å². The lowest BCUT2D eigenvalue weighted by Gasteiger charge is -2.49. The zero-order valence-corrected chi connectivity index (χ0v) is 13.9. The number of carbonyl (C=O) groups is 3. The molecule has 0 radical (unpaired) electrons. The minimum atomic E-state index is -1.18. The van der Waals surface area contributed by atoms with Crippen molar-refractivity contribution in [3.05, 3.63) is 28.9 Å². The Hall–Kier alpha value is -2.40. The summed E-state index contributed by atoms with van der Waals surface area (Å²) in [7, 11) is 0. The third kappa shape index (κ3) is 2.76. The summed E-state index contributed by atoms with van der Waals surface area (Å²) in [6, 6.07) is -0.756. The molecule has 1 aromatic heterocycles. The summed E-state index contributed by atoms with van der Waals surface area (Å²) in [4.78, 5) is 36.9.